The van der Waals surface area contributed by atoms with E-state index >= 15 is 0 Å². The first-order chi connectivity index (χ1) is 14.8. The van der Waals surface area contributed by atoms with Gasteiger partial charge < -0.3 is 10.6 Å². The highest BCUT2D eigenvalue weighted by Crippen LogP contribution is 2.22. The number of piperidine rings is 1. The molecular formula is C21H33N5O4S. The van der Waals surface area contributed by atoms with E-state index in [0.29, 0.717) is 49.7 Å². The van der Waals surface area contributed by atoms with Crippen molar-refractivity contribution in [3.63, 3.8) is 0 Å². The zero-order valence-electron chi connectivity index (χ0n) is 18.1. The van der Waals surface area contributed by atoms with Crippen molar-refractivity contribution >= 4 is 22.1 Å². The number of pyridine rings is 1. The van der Waals surface area contributed by atoms with Gasteiger partial charge in [-0.2, -0.15) is 12.7 Å². The molecule has 1 saturated heterocycles. The second-order valence-electron chi connectivity index (χ2n) is 8.44. The number of amides is 3. The lowest BCUT2D eigenvalue weighted by atomic mass is 9.95. The van der Waals surface area contributed by atoms with Gasteiger partial charge in [0.2, 0.25) is 0 Å². The largest absolute Gasteiger partial charge is 0.352 e. The molecule has 2 fully saturated rings. The quantitative estimate of drug-likeness (QED) is 0.586. The molecule has 3 rings (SSSR count). The topological polar surface area (TPSA) is 120 Å². The van der Waals surface area contributed by atoms with E-state index in [2.05, 4.69) is 20.3 Å². The second kappa shape index (κ2) is 10.9. The van der Waals surface area contributed by atoms with Crippen LogP contribution in [0.5, 0.6) is 0 Å². The Kier molecular flexibility index (Phi) is 8.25. The number of urea groups is 1. The molecule has 1 aromatic rings. The zero-order chi connectivity index (χ0) is 22.3. The second-order valence-corrected chi connectivity index (χ2v) is 10.1. The standard InChI is InChI=1S/C21H33N5O4S/c1-16-19(8-5-12-22-16)20(27)23-13-9-17-10-14-26(15-11-17)31(29,30)25-21(28)24-18-6-3-2-4-7-18/h5,8,12,17-18H,2-4,6-7,9-11,13-15H2,1H3,(H,23,27)(H2,24,25,28). The van der Waals surface area contributed by atoms with Crippen molar-refractivity contribution in [3.05, 3.63) is 29.6 Å². The van der Waals surface area contributed by atoms with Crippen LogP contribution in [0.3, 0.4) is 0 Å². The molecule has 2 heterocycles. The molecule has 2 aliphatic rings. The van der Waals surface area contributed by atoms with E-state index in [9.17, 15) is 18.0 Å². The van der Waals surface area contributed by atoms with Crippen molar-refractivity contribution in [1.82, 2.24) is 24.6 Å². The molecule has 0 spiro atoms. The number of nitrogens with one attached hydrogen (secondary N) is 3. The average molecular weight is 452 g/mol. The van der Waals surface area contributed by atoms with Gasteiger partial charge in [-0.05, 0) is 57.1 Å². The molecule has 172 valence electrons. The summed E-state index contributed by atoms with van der Waals surface area (Å²) < 4.78 is 28.5. The Morgan fingerprint density at radius 1 is 1.13 bits per heavy atom. The van der Waals surface area contributed by atoms with E-state index in [0.717, 1.165) is 32.1 Å². The first-order valence-electron chi connectivity index (χ1n) is 11.1. The molecular weight excluding hydrogens is 418 g/mol. The summed E-state index contributed by atoms with van der Waals surface area (Å²) in [6.07, 6.45) is 8.93. The van der Waals surface area contributed by atoms with Crippen LogP contribution < -0.4 is 15.4 Å². The number of nitrogens with zero attached hydrogens (tertiary/aromatic N) is 2. The first kappa shape index (κ1) is 23.5. The molecule has 1 saturated carbocycles. The number of rotatable bonds is 7. The van der Waals surface area contributed by atoms with E-state index in [4.69, 9.17) is 0 Å². The van der Waals surface area contributed by atoms with Gasteiger partial charge in [-0.15, -0.1) is 0 Å². The zero-order valence-corrected chi connectivity index (χ0v) is 18.9. The Bertz CT molecular complexity index is 862. The van der Waals surface area contributed by atoms with Crippen LogP contribution in [0, 0.1) is 12.8 Å². The Morgan fingerprint density at radius 2 is 1.84 bits per heavy atom. The minimum atomic E-state index is -3.84. The molecule has 31 heavy (non-hydrogen) atoms. The Labute approximate surface area is 184 Å². The monoisotopic (exact) mass is 451 g/mol. The van der Waals surface area contributed by atoms with Gasteiger partial charge in [0.1, 0.15) is 0 Å². The van der Waals surface area contributed by atoms with Crippen LogP contribution in [0.15, 0.2) is 18.3 Å². The normalized spacial score (nSPS) is 19.0. The van der Waals surface area contributed by atoms with E-state index in [-0.39, 0.29) is 11.9 Å². The maximum atomic E-state index is 12.5. The highest BCUT2D eigenvalue weighted by Gasteiger charge is 2.30. The molecule has 9 nitrogen and oxygen atoms in total. The van der Waals surface area contributed by atoms with Crippen LogP contribution in [0.4, 0.5) is 4.79 Å². The van der Waals surface area contributed by atoms with Crippen LogP contribution in [0.2, 0.25) is 0 Å². The fraction of sp³-hybridized carbons (Fsp3) is 0.667. The van der Waals surface area contributed by atoms with Crippen LogP contribution in [0.25, 0.3) is 0 Å². The van der Waals surface area contributed by atoms with Gasteiger partial charge in [0.15, 0.2) is 0 Å². The van der Waals surface area contributed by atoms with E-state index < -0.39 is 16.2 Å². The number of aromatic nitrogens is 1. The predicted molar refractivity (Wildman–Crippen MR) is 118 cm³/mol. The average Bonchev–Trinajstić information content (AvgIpc) is 2.74. The smallest absolute Gasteiger partial charge is 0.329 e. The third kappa shape index (κ3) is 6.90. The highest BCUT2D eigenvalue weighted by atomic mass is 32.2. The number of aryl methyl sites for hydroxylation is 1. The van der Waals surface area contributed by atoms with Crippen molar-refractivity contribution in [1.29, 1.82) is 0 Å². The summed E-state index contributed by atoms with van der Waals surface area (Å²) in [5, 5.41) is 5.70. The lowest BCUT2D eigenvalue weighted by Crippen LogP contribution is -2.51. The van der Waals surface area contributed by atoms with Crippen molar-refractivity contribution in [3.8, 4) is 0 Å². The van der Waals surface area contributed by atoms with Crippen molar-refractivity contribution in [2.24, 2.45) is 5.92 Å². The fourth-order valence-corrected chi connectivity index (χ4v) is 5.40. The van der Waals surface area contributed by atoms with E-state index in [1.54, 1.807) is 25.3 Å². The highest BCUT2D eigenvalue weighted by molar-refractivity contribution is 7.87. The maximum absolute atomic E-state index is 12.5. The number of hydrogen-bond acceptors (Lipinski definition) is 5. The van der Waals surface area contributed by atoms with Gasteiger partial charge in [-0.3, -0.25) is 9.78 Å². The summed E-state index contributed by atoms with van der Waals surface area (Å²) in [4.78, 5) is 28.5. The van der Waals surface area contributed by atoms with Gasteiger partial charge >= 0.3 is 16.2 Å². The molecule has 0 bridgehead atoms. The third-order valence-electron chi connectivity index (χ3n) is 6.17. The summed E-state index contributed by atoms with van der Waals surface area (Å²) >= 11 is 0. The SMILES string of the molecule is Cc1ncccc1C(=O)NCCC1CCN(S(=O)(=O)NC(=O)NC2CCCCC2)CC1. The van der Waals surface area contributed by atoms with Crippen molar-refractivity contribution in [2.75, 3.05) is 19.6 Å². The van der Waals surface area contributed by atoms with Gasteiger partial charge in [-0.25, -0.2) is 9.52 Å². The van der Waals surface area contributed by atoms with E-state index in [1.807, 2.05) is 0 Å². The summed E-state index contributed by atoms with van der Waals surface area (Å²) in [5.41, 5.74) is 1.26. The van der Waals surface area contributed by atoms with Crippen LogP contribution in [-0.2, 0) is 10.2 Å². The molecule has 0 radical (unpaired) electrons. The lowest BCUT2D eigenvalue weighted by Gasteiger charge is -2.31. The molecule has 0 aromatic carbocycles. The van der Waals surface area contributed by atoms with Gasteiger partial charge in [0.25, 0.3) is 5.91 Å². The molecule has 10 heteroatoms. The molecule has 3 amide bonds. The fourth-order valence-electron chi connectivity index (χ4n) is 4.29. The number of hydrogen-bond donors (Lipinski definition) is 3. The molecule has 0 atom stereocenters. The number of carbonyl (C=O) groups is 2. The van der Waals surface area contributed by atoms with Gasteiger partial charge in [-0.1, -0.05) is 19.3 Å². The minimum Gasteiger partial charge on any atom is -0.352 e. The van der Waals surface area contributed by atoms with Crippen molar-refractivity contribution < 1.29 is 18.0 Å². The Balaban J connectivity index is 1.37. The van der Waals surface area contributed by atoms with Crippen LogP contribution in [-0.4, -0.2) is 55.3 Å². The summed E-state index contributed by atoms with van der Waals surface area (Å²) in [6, 6.07) is 2.91. The minimum absolute atomic E-state index is 0.0559. The lowest BCUT2D eigenvalue weighted by molar-refractivity contribution is 0.0949. The first-order valence-corrected chi connectivity index (χ1v) is 12.6. The maximum Gasteiger partial charge on any atom is 0.329 e. The van der Waals surface area contributed by atoms with Gasteiger partial charge in [0.05, 0.1) is 5.56 Å². The summed E-state index contributed by atoms with van der Waals surface area (Å²) in [6.45, 7) is 3.07. The molecule has 1 aliphatic heterocycles. The Morgan fingerprint density at radius 3 is 2.52 bits per heavy atom. The third-order valence-corrected chi connectivity index (χ3v) is 7.65. The summed E-state index contributed by atoms with van der Waals surface area (Å²) in [5.74, 6) is 0.191. The summed E-state index contributed by atoms with van der Waals surface area (Å²) in [7, 11) is -3.84. The van der Waals surface area contributed by atoms with Crippen LogP contribution >= 0.6 is 0 Å². The Hall–Kier alpha value is -2.20. The molecule has 1 aromatic heterocycles. The van der Waals surface area contributed by atoms with Gasteiger partial charge in [0, 0.05) is 37.6 Å². The number of carbonyl (C=O) groups excluding carboxylic acids is 2. The molecule has 3 N–H and O–H groups in total. The van der Waals surface area contributed by atoms with E-state index in [1.165, 1.54) is 10.7 Å². The van der Waals surface area contributed by atoms with Crippen LogP contribution in [0.1, 0.15) is 67.4 Å². The predicted octanol–water partition coefficient (Wildman–Crippen LogP) is 2.10. The van der Waals surface area contributed by atoms with Crippen molar-refractivity contribution in [2.45, 2.75) is 64.3 Å². The molecule has 1 aliphatic carbocycles. The molecule has 0 unspecified atom stereocenters.